The molecule has 0 aromatic heterocycles. The number of hydrogen-bond acceptors (Lipinski definition) is 6. The predicted molar refractivity (Wildman–Crippen MR) is 140 cm³/mol. The van der Waals surface area contributed by atoms with E-state index in [1.165, 1.54) is 16.7 Å². The quantitative estimate of drug-likeness (QED) is 0.318. The zero-order valence-electron chi connectivity index (χ0n) is 21.2. The van der Waals surface area contributed by atoms with Crippen LogP contribution >= 0.6 is 11.8 Å². The van der Waals surface area contributed by atoms with E-state index in [1.807, 2.05) is 31.2 Å². The molecule has 1 fully saturated rings. The van der Waals surface area contributed by atoms with Gasteiger partial charge in [-0.25, -0.2) is 13.2 Å². The molecule has 38 heavy (non-hydrogen) atoms. The number of hydrogen-bond donors (Lipinski definition) is 4. The molecule has 1 heterocycles. The molecule has 0 bridgehead atoms. The van der Waals surface area contributed by atoms with Crippen LogP contribution in [0.3, 0.4) is 0 Å². The number of nitrogens with two attached hydrogens (primary N) is 2. The third-order valence-corrected chi connectivity index (χ3v) is 7.66. The molecule has 12 heteroatoms. The predicted octanol–water partition coefficient (Wildman–Crippen LogP) is 2.50. The van der Waals surface area contributed by atoms with E-state index in [0.717, 1.165) is 17.3 Å². The standard InChI is InChI=1S/C26H32F3N5O3S/c1-14(24(31)36)15(2)33-19-5-3-16(4-6-19)13-32-25(37)26-34(7-8-38-26)23(35)11-18(30)9-17-10-21(28)22(29)12-20(17)27/h3-6,10,12,14-15,18,26,33H,7-9,11,13,30H2,1-2H3,(H2,31,36)(H,32,37)/t14-,15?,18-,26+/m1/s1. The largest absolute Gasteiger partial charge is 0.382 e. The van der Waals surface area contributed by atoms with E-state index in [0.29, 0.717) is 18.4 Å². The molecule has 0 saturated carbocycles. The van der Waals surface area contributed by atoms with E-state index in [2.05, 4.69) is 10.6 Å². The normalized spacial score (nSPS) is 17.5. The van der Waals surface area contributed by atoms with Crippen molar-refractivity contribution in [2.45, 2.75) is 50.7 Å². The van der Waals surface area contributed by atoms with Gasteiger partial charge in [-0.2, -0.15) is 0 Å². The molecule has 6 N–H and O–H groups in total. The number of anilines is 1. The molecule has 1 aliphatic heterocycles. The van der Waals surface area contributed by atoms with Gasteiger partial charge in [-0.3, -0.25) is 14.4 Å². The minimum Gasteiger partial charge on any atom is -0.382 e. The highest BCUT2D eigenvalue weighted by molar-refractivity contribution is 8.00. The fourth-order valence-electron chi connectivity index (χ4n) is 3.99. The van der Waals surface area contributed by atoms with Crippen molar-refractivity contribution in [1.82, 2.24) is 10.2 Å². The highest BCUT2D eigenvalue weighted by Crippen LogP contribution is 2.25. The average molecular weight is 552 g/mol. The molecule has 0 spiro atoms. The molecule has 1 aliphatic rings. The molecular weight excluding hydrogens is 519 g/mol. The average Bonchev–Trinajstić information content (AvgIpc) is 3.36. The first kappa shape index (κ1) is 29.3. The minimum absolute atomic E-state index is 0.118. The Bertz CT molecular complexity index is 1170. The summed E-state index contributed by atoms with van der Waals surface area (Å²) in [5.74, 6) is -4.28. The first-order valence-electron chi connectivity index (χ1n) is 12.2. The van der Waals surface area contributed by atoms with Crippen molar-refractivity contribution in [3.63, 3.8) is 0 Å². The molecular formula is C26H32F3N5O3S. The Morgan fingerprint density at radius 3 is 2.39 bits per heavy atom. The third kappa shape index (κ3) is 7.64. The number of carbonyl (C=O) groups excluding carboxylic acids is 3. The van der Waals surface area contributed by atoms with Gasteiger partial charge < -0.3 is 27.0 Å². The summed E-state index contributed by atoms with van der Waals surface area (Å²) in [5.41, 5.74) is 12.9. The number of thioether (sulfide) groups is 1. The molecule has 1 unspecified atom stereocenters. The maximum absolute atomic E-state index is 13.9. The molecule has 8 nitrogen and oxygen atoms in total. The Labute approximate surface area is 223 Å². The van der Waals surface area contributed by atoms with Crippen LogP contribution in [0.25, 0.3) is 0 Å². The lowest BCUT2D eigenvalue weighted by atomic mass is 10.0. The van der Waals surface area contributed by atoms with Crippen molar-refractivity contribution in [2.24, 2.45) is 17.4 Å². The number of nitrogens with zero attached hydrogens (tertiary/aromatic N) is 1. The van der Waals surface area contributed by atoms with Crippen molar-refractivity contribution in [3.8, 4) is 0 Å². The van der Waals surface area contributed by atoms with Crippen LogP contribution in [0.4, 0.5) is 18.9 Å². The van der Waals surface area contributed by atoms with Crippen molar-refractivity contribution < 1.29 is 27.6 Å². The van der Waals surface area contributed by atoms with Crippen LogP contribution in [0.5, 0.6) is 0 Å². The smallest absolute Gasteiger partial charge is 0.253 e. The second-order valence-corrected chi connectivity index (χ2v) is 10.6. The molecule has 0 radical (unpaired) electrons. The SMILES string of the molecule is CC(Nc1ccc(CNC(=O)[C@@H]2SCCN2C(=O)C[C@H](N)Cc2cc(F)c(F)cc2F)cc1)[C@@H](C)C(N)=O. The van der Waals surface area contributed by atoms with Gasteiger partial charge in [0.2, 0.25) is 11.8 Å². The van der Waals surface area contributed by atoms with E-state index in [1.54, 1.807) is 6.92 Å². The number of halogens is 3. The summed E-state index contributed by atoms with van der Waals surface area (Å²) >= 11 is 1.33. The van der Waals surface area contributed by atoms with Crippen molar-refractivity contribution in [1.29, 1.82) is 0 Å². The molecule has 3 amide bonds. The summed E-state index contributed by atoms with van der Waals surface area (Å²) in [6.45, 7) is 4.22. The van der Waals surface area contributed by atoms with Crippen LogP contribution in [0.1, 0.15) is 31.4 Å². The van der Waals surface area contributed by atoms with E-state index in [9.17, 15) is 27.6 Å². The maximum atomic E-state index is 13.9. The van der Waals surface area contributed by atoms with Gasteiger partial charge in [0.15, 0.2) is 17.0 Å². The van der Waals surface area contributed by atoms with Crippen molar-refractivity contribution in [3.05, 3.63) is 65.0 Å². The number of carbonyl (C=O) groups is 3. The lowest BCUT2D eigenvalue weighted by molar-refractivity contribution is -0.136. The first-order valence-corrected chi connectivity index (χ1v) is 13.2. The Morgan fingerprint density at radius 2 is 1.74 bits per heavy atom. The van der Waals surface area contributed by atoms with Crippen LogP contribution in [0.2, 0.25) is 0 Å². The van der Waals surface area contributed by atoms with Crippen molar-refractivity contribution >= 4 is 35.2 Å². The Hall–Kier alpha value is -3.25. The van der Waals surface area contributed by atoms with E-state index >= 15 is 0 Å². The molecule has 206 valence electrons. The summed E-state index contributed by atoms with van der Waals surface area (Å²) in [7, 11) is 0. The lowest BCUT2D eigenvalue weighted by Gasteiger charge is -2.24. The van der Waals surface area contributed by atoms with Gasteiger partial charge in [-0.15, -0.1) is 11.8 Å². The summed E-state index contributed by atoms with van der Waals surface area (Å²) in [6, 6.07) is 7.55. The van der Waals surface area contributed by atoms with E-state index in [4.69, 9.17) is 11.5 Å². The molecule has 2 aromatic carbocycles. The van der Waals surface area contributed by atoms with Gasteiger partial charge in [0.1, 0.15) is 5.82 Å². The van der Waals surface area contributed by atoms with Gasteiger partial charge in [-0.1, -0.05) is 19.1 Å². The lowest BCUT2D eigenvalue weighted by Crippen LogP contribution is -2.46. The highest BCUT2D eigenvalue weighted by atomic mass is 32.2. The van der Waals surface area contributed by atoms with E-state index < -0.39 is 28.9 Å². The number of amides is 3. The van der Waals surface area contributed by atoms with Crippen LogP contribution in [-0.2, 0) is 27.3 Å². The summed E-state index contributed by atoms with van der Waals surface area (Å²) < 4.78 is 40.5. The first-order chi connectivity index (χ1) is 18.0. The number of nitrogens with one attached hydrogen (secondary N) is 2. The maximum Gasteiger partial charge on any atom is 0.253 e. The second kappa shape index (κ2) is 13.0. The Kier molecular flexibility index (Phi) is 10.0. The van der Waals surface area contributed by atoms with E-state index in [-0.39, 0.29) is 54.6 Å². The van der Waals surface area contributed by atoms with Gasteiger partial charge in [-0.05, 0) is 42.7 Å². The van der Waals surface area contributed by atoms with Gasteiger partial charge in [0.25, 0.3) is 5.91 Å². The zero-order valence-corrected chi connectivity index (χ0v) is 22.0. The summed E-state index contributed by atoms with van der Waals surface area (Å²) in [5, 5.41) is 5.32. The van der Waals surface area contributed by atoms with Crippen molar-refractivity contribution in [2.75, 3.05) is 17.6 Å². The van der Waals surface area contributed by atoms with Crippen LogP contribution in [0, 0.1) is 23.4 Å². The zero-order chi connectivity index (χ0) is 28.0. The fourth-order valence-corrected chi connectivity index (χ4v) is 5.15. The molecule has 2 aromatic rings. The number of benzene rings is 2. The number of rotatable bonds is 11. The Morgan fingerprint density at radius 1 is 1.08 bits per heavy atom. The third-order valence-electron chi connectivity index (χ3n) is 6.46. The molecule has 0 aliphatic carbocycles. The van der Waals surface area contributed by atoms with Gasteiger partial charge >= 0.3 is 0 Å². The topological polar surface area (TPSA) is 131 Å². The summed E-state index contributed by atoms with van der Waals surface area (Å²) in [4.78, 5) is 38.4. The van der Waals surface area contributed by atoms with Gasteiger partial charge in [0, 0.05) is 49.1 Å². The van der Waals surface area contributed by atoms with Gasteiger partial charge in [0.05, 0.1) is 5.92 Å². The van der Waals surface area contributed by atoms with Crippen LogP contribution in [-0.4, -0.2) is 52.4 Å². The summed E-state index contributed by atoms with van der Waals surface area (Å²) in [6.07, 6.45) is -0.332. The monoisotopic (exact) mass is 551 g/mol. The molecule has 1 saturated heterocycles. The fraction of sp³-hybridized carbons (Fsp3) is 0.423. The Balaban J connectivity index is 1.51. The highest BCUT2D eigenvalue weighted by Gasteiger charge is 2.35. The molecule has 4 atom stereocenters. The second-order valence-electron chi connectivity index (χ2n) is 9.38. The molecule has 3 rings (SSSR count). The number of primary amides is 1. The van der Waals surface area contributed by atoms with Crippen LogP contribution in [0.15, 0.2) is 36.4 Å². The minimum atomic E-state index is -1.30. The van der Waals surface area contributed by atoms with Crippen LogP contribution < -0.4 is 22.1 Å².